The molecule has 1 saturated heterocycles. The Morgan fingerprint density at radius 2 is 2.09 bits per heavy atom. The van der Waals surface area contributed by atoms with Crippen molar-refractivity contribution in [1.82, 2.24) is 14.4 Å². The first kappa shape index (κ1) is 16.1. The summed E-state index contributed by atoms with van der Waals surface area (Å²) in [5.74, 6) is 0.399. The molecular weight excluding hydrogens is 290 g/mol. The van der Waals surface area contributed by atoms with Gasteiger partial charge in [0.2, 0.25) is 11.8 Å². The van der Waals surface area contributed by atoms with Gasteiger partial charge in [-0.15, -0.1) is 0 Å². The van der Waals surface area contributed by atoms with Crippen LogP contribution in [0.4, 0.5) is 0 Å². The second kappa shape index (κ2) is 7.20. The largest absolute Gasteiger partial charge is 0.348 e. The van der Waals surface area contributed by atoms with Gasteiger partial charge in [-0.1, -0.05) is 13.3 Å². The van der Waals surface area contributed by atoms with E-state index in [0.29, 0.717) is 19.4 Å². The quantitative estimate of drug-likeness (QED) is 0.857. The van der Waals surface area contributed by atoms with Crippen LogP contribution in [0.5, 0.6) is 0 Å². The Bertz CT molecular complexity index is 566. The maximum Gasteiger partial charge on any atom is 0.224 e. The van der Waals surface area contributed by atoms with Gasteiger partial charge in [0.25, 0.3) is 0 Å². The van der Waals surface area contributed by atoms with Gasteiger partial charge in [-0.3, -0.25) is 9.59 Å². The van der Waals surface area contributed by atoms with Crippen LogP contribution in [0.2, 0.25) is 0 Å². The number of carbonyl (C=O) groups is 2. The molecule has 1 aromatic heterocycles. The maximum absolute atomic E-state index is 12.7. The minimum absolute atomic E-state index is 0.172. The molecule has 2 aliphatic heterocycles. The number of hydrogen-bond donors (Lipinski definition) is 0. The van der Waals surface area contributed by atoms with Crippen LogP contribution in [-0.4, -0.2) is 45.8 Å². The molecule has 0 aliphatic carbocycles. The molecular formula is C18H27N3O2. The van der Waals surface area contributed by atoms with E-state index in [1.807, 2.05) is 9.80 Å². The summed E-state index contributed by atoms with van der Waals surface area (Å²) >= 11 is 0. The van der Waals surface area contributed by atoms with Crippen LogP contribution in [0.25, 0.3) is 0 Å². The Morgan fingerprint density at radius 1 is 1.22 bits per heavy atom. The zero-order chi connectivity index (χ0) is 16.2. The summed E-state index contributed by atoms with van der Waals surface area (Å²) in [4.78, 5) is 28.7. The van der Waals surface area contributed by atoms with E-state index in [-0.39, 0.29) is 17.9 Å². The second-order valence-electron chi connectivity index (χ2n) is 6.58. The van der Waals surface area contributed by atoms with E-state index in [9.17, 15) is 9.59 Å². The molecule has 0 aromatic carbocycles. The van der Waals surface area contributed by atoms with Crippen molar-refractivity contribution in [3.05, 3.63) is 24.0 Å². The second-order valence-corrected chi connectivity index (χ2v) is 6.58. The van der Waals surface area contributed by atoms with E-state index < -0.39 is 0 Å². The van der Waals surface area contributed by atoms with Crippen LogP contribution in [0.1, 0.15) is 57.2 Å². The van der Waals surface area contributed by atoms with Gasteiger partial charge in [0.05, 0.1) is 6.04 Å². The Morgan fingerprint density at radius 3 is 2.91 bits per heavy atom. The van der Waals surface area contributed by atoms with Crippen molar-refractivity contribution in [2.24, 2.45) is 0 Å². The molecule has 0 N–H and O–H groups in total. The molecule has 3 rings (SSSR count). The van der Waals surface area contributed by atoms with Gasteiger partial charge in [0, 0.05) is 50.9 Å². The summed E-state index contributed by atoms with van der Waals surface area (Å²) in [5.41, 5.74) is 1.23. The van der Waals surface area contributed by atoms with Crippen LogP contribution < -0.4 is 0 Å². The summed E-state index contributed by atoms with van der Waals surface area (Å²) in [6.07, 6.45) is 7.29. The monoisotopic (exact) mass is 317 g/mol. The van der Waals surface area contributed by atoms with E-state index >= 15 is 0 Å². The molecule has 126 valence electrons. The molecule has 2 aliphatic rings. The van der Waals surface area contributed by atoms with Gasteiger partial charge in [-0.25, -0.2) is 0 Å². The topological polar surface area (TPSA) is 45.6 Å². The van der Waals surface area contributed by atoms with Crippen LogP contribution in [0.3, 0.4) is 0 Å². The van der Waals surface area contributed by atoms with Crippen LogP contribution in [0.15, 0.2) is 18.3 Å². The molecule has 1 aromatic rings. The van der Waals surface area contributed by atoms with Crippen molar-refractivity contribution in [2.45, 2.75) is 58.0 Å². The zero-order valence-electron chi connectivity index (χ0n) is 14.0. The van der Waals surface area contributed by atoms with Crippen LogP contribution in [0, 0.1) is 0 Å². The highest BCUT2D eigenvalue weighted by atomic mass is 16.2. The highest BCUT2D eigenvalue weighted by Crippen LogP contribution is 2.29. The Labute approximate surface area is 138 Å². The molecule has 0 saturated carbocycles. The van der Waals surface area contributed by atoms with Crippen molar-refractivity contribution in [2.75, 3.05) is 19.6 Å². The number of amides is 2. The molecule has 3 heterocycles. The van der Waals surface area contributed by atoms with E-state index in [4.69, 9.17) is 0 Å². The van der Waals surface area contributed by atoms with Crippen molar-refractivity contribution >= 4 is 11.8 Å². The zero-order valence-corrected chi connectivity index (χ0v) is 14.0. The van der Waals surface area contributed by atoms with Gasteiger partial charge < -0.3 is 14.4 Å². The number of carbonyl (C=O) groups excluding carboxylic acids is 2. The summed E-state index contributed by atoms with van der Waals surface area (Å²) in [6, 6.07) is 4.35. The molecule has 1 atom stereocenters. The van der Waals surface area contributed by atoms with Crippen LogP contribution in [-0.2, 0) is 16.1 Å². The molecule has 0 unspecified atom stereocenters. The molecule has 0 radical (unpaired) electrons. The predicted octanol–water partition coefficient (Wildman–Crippen LogP) is 2.57. The molecule has 5 nitrogen and oxygen atoms in total. The Kier molecular flexibility index (Phi) is 5.03. The third-order valence-electron chi connectivity index (χ3n) is 5.14. The molecule has 23 heavy (non-hydrogen) atoms. The first-order chi connectivity index (χ1) is 11.2. The maximum atomic E-state index is 12.7. The van der Waals surface area contributed by atoms with E-state index in [2.05, 4.69) is 29.8 Å². The first-order valence-corrected chi connectivity index (χ1v) is 8.93. The average molecular weight is 317 g/mol. The summed E-state index contributed by atoms with van der Waals surface area (Å²) in [6.45, 7) is 5.16. The van der Waals surface area contributed by atoms with E-state index in [1.165, 1.54) is 5.69 Å². The van der Waals surface area contributed by atoms with Crippen molar-refractivity contribution in [1.29, 1.82) is 0 Å². The van der Waals surface area contributed by atoms with Gasteiger partial charge in [0.1, 0.15) is 0 Å². The lowest BCUT2D eigenvalue weighted by atomic mass is 10.1. The van der Waals surface area contributed by atoms with Gasteiger partial charge in [0.15, 0.2) is 0 Å². The highest BCUT2D eigenvalue weighted by molar-refractivity contribution is 5.79. The lowest BCUT2D eigenvalue weighted by Crippen LogP contribution is -2.43. The van der Waals surface area contributed by atoms with Gasteiger partial charge >= 0.3 is 0 Å². The number of rotatable bonds is 4. The van der Waals surface area contributed by atoms with Crippen LogP contribution >= 0.6 is 0 Å². The lowest BCUT2D eigenvalue weighted by Gasteiger charge is -2.37. The minimum atomic E-state index is 0.172. The fourth-order valence-electron chi connectivity index (χ4n) is 3.84. The summed E-state index contributed by atoms with van der Waals surface area (Å²) in [5, 5.41) is 0. The lowest BCUT2D eigenvalue weighted by molar-refractivity contribution is -0.136. The highest BCUT2D eigenvalue weighted by Gasteiger charge is 2.29. The molecule has 0 spiro atoms. The van der Waals surface area contributed by atoms with E-state index in [0.717, 1.165) is 45.3 Å². The summed E-state index contributed by atoms with van der Waals surface area (Å²) < 4.78 is 2.25. The third kappa shape index (κ3) is 3.43. The molecule has 2 amide bonds. The van der Waals surface area contributed by atoms with E-state index in [1.54, 1.807) is 0 Å². The summed E-state index contributed by atoms with van der Waals surface area (Å²) in [7, 11) is 0. The predicted molar refractivity (Wildman–Crippen MR) is 88.8 cm³/mol. The normalized spacial score (nSPS) is 22.0. The number of likely N-dealkylation sites (tertiary alicyclic amines) is 1. The minimum Gasteiger partial charge on any atom is -0.348 e. The standard InChI is InChI=1S/C18H27N3O2/c1-2-15-16-7-6-11-19(16)13-14-21(15)18(23)9-12-20-10-5-3-4-8-17(20)22/h6-7,11,15H,2-5,8-10,12-14H2,1H3/t15-/m0/s1. The molecule has 0 bridgehead atoms. The fraction of sp³-hybridized carbons (Fsp3) is 0.667. The van der Waals surface area contributed by atoms with Crippen molar-refractivity contribution < 1.29 is 9.59 Å². The Hall–Kier alpha value is -1.78. The van der Waals surface area contributed by atoms with Crippen molar-refractivity contribution in [3.63, 3.8) is 0 Å². The van der Waals surface area contributed by atoms with Gasteiger partial charge in [-0.05, 0) is 31.4 Å². The van der Waals surface area contributed by atoms with Gasteiger partial charge in [-0.2, -0.15) is 0 Å². The third-order valence-corrected chi connectivity index (χ3v) is 5.14. The fourth-order valence-corrected chi connectivity index (χ4v) is 3.84. The van der Waals surface area contributed by atoms with Crippen molar-refractivity contribution in [3.8, 4) is 0 Å². The number of fused-ring (bicyclic) bond motifs is 1. The number of nitrogens with zero attached hydrogens (tertiary/aromatic N) is 3. The number of hydrogen-bond acceptors (Lipinski definition) is 2. The molecule has 5 heteroatoms. The number of aromatic nitrogens is 1. The average Bonchev–Trinajstić information content (AvgIpc) is 2.95. The Balaban J connectivity index is 1.60. The SMILES string of the molecule is CC[C@H]1c2cccn2CCN1C(=O)CCN1CCCCCC1=O. The first-order valence-electron chi connectivity index (χ1n) is 8.93. The smallest absolute Gasteiger partial charge is 0.224 e. The molecule has 1 fully saturated rings.